The van der Waals surface area contributed by atoms with E-state index in [1.54, 1.807) is 24.3 Å². The van der Waals surface area contributed by atoms with Gasteiger partial charge in [-0.25, -0.2) is 22.6 Å². The lowest BCUT2D eigenvalue weighted by Crippen LogP contribution is -2.33. The lowest BCUT2D eigenvalue weighted by atomic mass is 10.2. The van der Waals surface area contributed by atoms with E-state index in [2.05, 4.69) is 20.6 Å². The number of anilines is 1. The molecule has 1 amide bonds. The first-order valence-corrected chi connectivity index (χ1v) is 14.2. The van der Waals surface area contributed by atoms with Crippen LogP contribution in [0.1, 0.15) is 34.5 Å². The lowest BCUT2D eigenvalue weighted by molar-refractivity contribution is -0.119. The van der Waals surface area contributed by atoms with E-state index in [1.165, 1.54) is 12.6 Å². The average Bonchev–Trinajstić information content (AvgIpc) is 3.63. The van der Waals surface area contributed by atoms with E-state index in [0.29, 0.717) is 36.7 Å². The molecule has 40 heavy (non-hydrogen) atoms. The van der Waals surface area contributed by atoms with Crippen molar-refractivity contribution in [3.05, 3.63) is 70.6 Å². The molecule has 12 nitrogen and oxygen atoms in total. The van der Waals surface area contributed by atoms with Crippen molar-refractivity contribution in [3.63, 3.8) is 0 Å². The molecule has 1 aliphatic rings. The van der Waals surface area contributed by atoms with Gasteiger partial charge in [-0.1, -0.05) is 12.1 Å². The van der Waals surface area contributed by atoms with Crippen LogP contribution in [0.15, 0.2) is 57.9 Å². The molecular weight excluding hydrogens is 563 g/mol. The van der Waals surface area contributed by atoms with Crippen molar-refractivity contribution < 1.29 is 32.2 Å². The van der Waals surface area contributed by atoms with Gasteiger partial charge in [0.15, 0.2) is 5.69 Å². The van der Waals surface area contributed by atoms with Gasteiger partial charge in [0.25, 0.3) is 10.0 Å². The number of aromatic carboxylic acids is 1. The molecule has 4 N–H and O–H groups in total. The summed E-state index contributed by atoms with van der Waals surface area (Å²) in [6.45, 7) is 1.06. The Kier molecular flexibility index (Phi) is 8.74. The number of hydrogen-bond donors (Lipinski definition) is 4. The number of nitrogens with one attached hydrogen (secondary N) is 3. The van der Waals surface area contributed by atoms with Crippen LogP contribution in [0.25, 0.3) is 0 Å². The highest BCUT2D eigenvalue weighted by Gasteiger charge is 2.31. The van der Waals surface area contributed by atoms with Crippen LogP contribution in [0, 0.1) is 11.2 Å². The number of amidine groups is 2. The predicted molar refractivity (Wildman–Crippen MR) is 146 cm³/mol. The molecule has 0 saturated heterocycles. The van der Waals surface area contributed by atoms with Crippen LogP contribution < -0.4 is 19.7 Å². The molecule has 2 heterocycles. The third-order valence-electron chi connectivity index (χ3n) is 5.86. The Hall–Kier alpha value is -4.37. The number of carbonyl (C=O) groups excluding carboxylic acids is 1. The van der Waals surface area contributed by atoms with Gasteiger partial charge in [0, 0.05) is 19.4 Å². The summed E-state index contributed by atoms with van der Waals surface area (Å²) >= 11 is 0.809. The third kappa shape index (κ3) is 6.43. The zero-order valence-electron chi connectivity index (χ0n) is 21.2. The Balaban J connectivity index is 1.59. The van der Waals surface area contributed by atoms with Crippen LogP contribution in [0.2, 0.25) is 0 Å². The second-order valence-electron chi connectivity index (χ2n) is 8.49. The smallest absolute Gasteiger partial charge is 0.357 e. The van der Waals surface area contributed by atoms with Crippen LogP contribution in [-0.2, 0) is 21.4 Å². The number of ether oxygens (including phenoxy) is 1. The highest BCUT2D eigenvalue weighted by atomic mass is 32.2. The van der Waals surface area contributed by atoms with Crippen LogP contribution >= 0.6 is 11.3 Å². The fraction of sp³-hybridized carbons (Fsp3) is 0.240. The van der Waals surface area contributed by atoms with Crippen LogP contribution in [0.4, 0.5) is 9.39 Å². The molecule has 1 aliphatic heterocycles. The van der Waals surface area contributed by atoms with Crippen molar-refractivity contribution in [3.8, 4) is 5.75 Å². The van der Waals surface area contributed by atoms with Gasteiger partial charge < -0.3 is 20.5 Å². The number of aromatic nitrogens is 1. The molecule has 0 radical (unpaired) electrons. The number of amides is 1. The molecule has 0 saturated carbocycles. The van der Waals surface area contributed by atoms with Crippen LogP contribution in [0.3, 0.4) is 0 Å². The number of methoxy groups -OCH3 is 1. The van der Waals surface area contributed by atoms with Crippen molar-refractivity contribution in [2.45, 2.75) is 24.3 Å². The molecule has 3 aromatic rings. The van der Waals surface area contributed by atoms with Crippen LogP contribution in [0.5, 0.6) is 5.75 Å². The Morgan fingerprint density at radius 1 is 1.25 bits per heavy atom. The van der Waals surface area contributed by atoms with Gasteiger partial charge in [-0.15, -0.1) is 11.3 Å². The van der Waals surface area contributed by atoms with Gasteiger partial charge in [0.2, 0.25) is 5.91 Å². The molecule has 1 aromatic heterocycles. The van der Waals surface area contributed by atoms with Crippen molar-refractivity contribution in [1.29, 1.82) is 5.41 Å². The van der Waals surface area contributed by atoms with Gasteiger partial charge in [0.05, 0.1) is 42.0 Å². The number of benzene rings is 2. The zero-order valence-corrected chi connectivity index (χ0v) is 22.8. The monoisotopic (exact) mass is 588 g/mol. The second kappa shape index (κ2) is 12.2. The lowest BCUT2D eigenvalue weighted by Gasteiger charge is -2.24. The van der Waals surface area contributed by atoms with Gasteiger partial charge in [-0.05, 0) is 35.9 Å². The van der Waals surface area contributed by atoms with Gasteiger partial charge >= 0.3 is 5.97 Å². The summed E-state index contributed by atoms with van der Waals surface area (Å²) in [5.41, 5.74) is 0.935. The summed E-state index contributed by atoms with van der Waals surface area (Å²) in [5, 5.41) is 22.9. The van der Waals surface area contributed by atoms with Crippen molar-refractivity contribution >= 4 is 49.9 Å². The van der Waals surface area contributed by atoms with Crippen molar-refractivity contribution in [1.82, 2.24) is 15.6 Å². The fourth-order valence-electron chi connectivity index (χ4n) is 3.83. The van der Waals surface area contributed by atoms with E-state index in [-0.39, 0.29) is 23.5 Å². The molecule has 2 aromatic carbocycles. The van der Waals surface area contributed by atoms with Gasteiger partial charge in [-0.2, -0.15) is 0 Å². The number of carboxylic acid groups (broad SMARTS) is 1. The maximum absolute atomic E-state index is 15.1. The maximum atomic E-state index is 15.1. The molecule has 0 spiro atoms. The number of aliphatic imine (C=N–C) groups is 1. The molecule has 0 bridgehead atoms. The number of rotatable bonds is 11. The van der Waals surface area contributed by atoms with E-state index in [4.69, 9.17) is 10.1 Å². The molecule has 0 aliphatic carbocycles. The summed E-state index contributed by atoms with van der Waals surface area (Å²) in [6.07, 6.45) is 0.377. The van der Waals surface area contributed by atoms with Crippen LogP contribution in [-0.4, -0.2) is 62.3 Å². The standard InChI is InChI=1S/C25H25FN6O6S2/c1-38-16-4-2-15(3-5-16)13-32(24-22(25(34)35)30-14-39-24)40(36,37)17-6-7-18(19(26)12-17)23(27)31-21(33)9-8-20-28-10-11-29-20/h2-7,12,14H,8-11,13H2,1H3,(H,28,29)(H,34,35)(H2,27,31,33). The van der Waals surface area contributed by atoms with Gasteiger partial charge in [-0.3, -0.25) is 19.5 Å². The number of carboxylic acids is 1. The summed E-state index contributed by atoms with van der Waals surface area (Å²) in [7, 11) is -3.03. The fourth-order valence-corrected chi connectivity index (χ4v) is 6.31. The topological polar surface area (TPSA) is 174 Å². The number of nitrogens with zero attached hydrogens (tertiary/aromatic N) is 3. The average molecular weight is 589 g/mol. The Labute approximate surface area is 233 Å². The summed E-state index contributed by atoms with van der Waals surface area (Å²) in [4.78, 5) is 31.5. The molecule has 15 heteroatoms. The van der Waals surface area contributed by atoms with E-state index in [9.17, 15) is 23.1 Å². The van der Waals surface area contributed by atoms with E-state index in [1.807, 2.05) is 0 Å². The quantitative estimate of drug-likeness (QED) is 0.195. The summed E-state index contributed by atoms with van der Waals surface area (Å²) in [5.74, 6) is -2.30. The van der Waals surface area contributed by atoms with E-state index in [0.717, 1.165) is 33.8 Å². The molecule has 210 valence electrons. The SMILES string of the molecule is COc1ccc(CN(c2scnc2C(=O)O)S(=O)(=O)c2ccc(C(=N)NC(=O)CCC3=NCCN3)c(F)c2)cc1. The largest absolute Gasteiger partial charge is 0.497 e. The Bertz CT molecular complexity index is 1570. The first-order valence-electron chi connectivity index (χ1n) is 11.9. The number of thiazole rings is 1. The van der Waals surface area contributed by atoms with E-state index >= 15 is 4.39 Å². The first-order chi connectivity index (χ1) is 19.1. The normalized spacial score (nSPS) is 12.8. The molecule has 4 rings (SSSR count). The zero-order chi connectivity index (χ0) is 28.9. The van der Waals surface area contributed by atoms with E-state index < -0.39 is 44.1 Å². The minimum atomic E-state index is -4.51. The predicted octanol–water partition coefficient (Wildman–Crippen LogP) is 2.61. The maximum Gasteiger partial charge on any atom is 0.357 e. The highest BCUT2D eigenvalue weighted by molar-refractivity contribution is 7.93. The molecule has 0 unspecified atom stereocenters. The number of hydrogen-bond acceptors (Lipinski definition) is 10. The molecule has 0 fully saturated rings. The minimum Gasteiger partial charge on any atom is -0.497 e. The Morgan fingerprint density at radius 3 is 2.62 bits per heavy atom. The number of sulfonamides is 1. The first kappa shape index (κ1) is 28.6. The minimum absolute atomic E-state index is 0.0311. The Morgan fingerprint density at radius 2 is 2.00 bits per heavy atom. The number of carbonyl (C=O) groups is 2. The second-order valence-corrected chi connectivity index (χ2v) is 11.2. The summed E-state index contributed by atoms with van der Waals surface area (Å²) < 4.78 is 48.6. The molecular formula is C25H25FN6O6S2. The highest BCUT2D eigenvalue weighted by Crippen LogP contribution is 2.33. The third-order valence-corrected chi connectivity index (χ3v) is 8.56. The van der Waals surface area contributed by atoms with Crippen molar-refractivity contribution in [2.24, 2.45) is 4.99 Å². The number of halogens is 1. The van der Waals surface area contributed by atoms with Gasteiger partial charge in [0.1, 0.15) is 22.4 Å². The summed E-state index contributed by atoms with van der Waals surface area (Å²) in [6, 6.07) is 9.37. The molecule has 0 atom stereocenters. The van der Waals surface area contributed by atoms with Crippen molar-refractivity contribution in [2.75, 3.05) is 24.5 Å².